The number of carbonyl (C=O) groups is 1. The molecule has 0 amide bonds. The maximum Gasteiger partial charge on any atom is 0.337 e. The topological polar surface area (TPSA) is 117 Å². The molecule has 2 aliphatic rings. The van der Waals surface area contributed by atoms with Crippen LogP contribution in [0.5, 0.6) is 5.75 Å². The van der Waals surface area contributed by atoms with Gasteiger partial charge in [0.25, 0.3) is 5.56 Å². The van der Waals surface area contributed by atoms with Crippen LogP contribution in [-0.4, -0.2) is 30.4 Å². The van der Waals surface area contributed by atoms with Crippen molar-refractivity contribution >= 4 is 5.97 Å². The number of pyridine rings is 1. The highest BCUT2D eigenvalue weighted by Crippen LogP contribution is 2.40. The Morgan fingerprint density at radius 2 is 2.10 bits per heavy atom. The van der Waals surface area contributed by atoms with Crippen LogP contribution in [0.4, 0.5) is 0 Å². The van der Waals surface area contributed by atoms with E-state index < -0.39 is 11.9 Å². The number of rotatable bonds is 4. The first-order valence-corrected chi connectivity index (χ1v) is 10.1. The van der Waals surface area contributed by atoms with Gasteiger partial charge in [0.1, 0.15) is 17.4 Å². The van der Waals surface area contributed by atoms with Gasteiger partial charge in [-0.05, 0) is 37.5 Å². The van der Waals surface area contributed by atoms with E-state index in [0.717, 1.165) is 18.5 Å². The summed E-state index contributed by atoms with van der Waals surface area (Å²) in [5, 5.41) is 9.77. The summed E-state index contributed by atoms with van der Waals surface area (Å²) in [4.78, 5) is 25.4. The Morgan fingerprint density at radius 3 is 2.71 bits per heavy atom. The molecule has 1 fully saturated rings. The lowest BCUT2D eigenvalue weighted by atomic mass is 9.83. The molecule has 1 aromatic heterocycles. The number of aryl methyl sites for hydroxylation is 1. The number of hydrogen-bond donors (Lipinski definition) is 1. The van der Waals surface area contributed by atoms with E-state index in [1.54, 1.807) is 34.9 Å². The lowest BCUT2D eigenvalue weighted by Crippen LogP contribution is -2.35. The zero-order chi connectivity index (χ0) is 22.1. The van der Waals surface area contributed by atoms with Crippen LogP contribution in [0, 0.1) is 18.3 Å². The number of aromatic nitrogens is 1. The van der Waals surface area contributed by atoms with Crippen LogP contribution in [0.15, 0.2) is 46.6 Å². The van der Waals surface area contributed by atoms with Crippen molar-refractivity contribution in [1.82, 2.24) is 4.57 Å². The maximum atomic E-state index is 13.6. The molecule has 8 heteroatoms. The summed E-state index contributed by atoms with van der Waals surface area (Å²) in [6, 6.07) is 10.4. The summed E-state index contributed by atoms with van der Waals surface area (Å²) >= 11 is 0. The van der Waals surface area contributed by atoms with E-state index in [-0.39, 0.29) is 23.1 Å². The third-order valence-corrected chi connectivity index (χ3v) is 5.77. The molecule has 160 valence electrons. The van der Waals surface area contributed by atoms with Crippen molar-refractivity contribution in [3.63, 3.8) is 0 Å². The van der Waals surface area contributed by atoms with E-state index in [1.165, 1.54) is 7.11 Å². The number of nitriles is 1. The summed E-state index contributed by atoms with van der Waals surface area (Å²) in [7, 11) is 1.31. The molecule has 2 aromatic rings. The molecule has 31 heavy (non-hydrogen) atoms. The Hall–Kier alpha value is -3.57. The quantitative estimate of drug-likeness (QED) is 0.753. The summed E-state index contributed by atoms with van der Waals surface area (Å²) < 4.78 is 17.8. The first-order valence-electron chi connectivity index (χ1n) is 10.1. The van der Waals surface area contributed by atoms with Gasteiger partial charge in [-0.1, -0.05) is 12.1 Å². The second-order valence-corrected chi connectivity index (χ2v) is 7.65. The fourth-order valence-corrected chi connectivity index (χ4v) is 4.17. The molecule has 2 N–H and O–H groups in total. The van der Waals surface area contributed by atoms with Gasteiger partial charge in [0.2, 0.25) is 5.88 Å². The molecule has 0 unspecified atom stereocenters. The van der Waals surface area contributed by atoms with Gasteiger partial charge in [0.15, 0.2) is 0 Å². The van der Waals surface area contributed by atoms with Gasteiger partial charge in [-0.25, -0.2) is 4.79 Å². The minimum absolute atomic E-state index is 0.0206. The number of carbonyl (C=O) groups excluding carboxylic acids is 1. The summed E-state index contributed by atoms with van der Waals surface area (Å²) in [6.45, 7) is 2.96. The van der Waals surface area contributed by atoms with Crippen molar-refractivity contribution in [3.05, 3.63) is 74.5 Å². The number of benzene rings is 1. The number of methoxy groups -OCH3 is 1. The van der Waals surface area contributed by atoms with Crippen LogP contribution in [0.1, 0.15) is 45.9 Å². The number of esters is 1. The fraction of sp³-hybridized carbons (Fsp3) is 0.348. The third-order valence-electron chi connectivity index (χ3n) is 5.77. The summed E-state index contributed by atoms with van der Waals surface area (Å²) in [6.07, 6.45) is 1.85. The van der Waals surface area contributed by atoms with Crippen LogP contribution in [0.3, 0.4) is 0 Å². The van der Waals surface area contributed by atoms with Gasteiger partial charge in [0.05, 0.1) is 36.8 Å². The molecule has 2 atom stereocenters. The second-order valence-electron chi connectivity index (χ2n) is 7.65. The largest absolute Gasteiger partial charge is 0.465 e. The Labute approximate surface area is 179 Å². The van der Waals surface area contributed by atoms with Crippen molar-refractivity contribution in [1.29, 1.82) is 5.26 Å². The number of nitrogens with two attached hydrogens (primary N) is 1. The number of allylic oxidation sites excluding steroid dienone is 1. The van der Waals surface area contributed by atoms with Crippen LogP contribution < -0.4 is 16.0 Å². The molecule has 0 aliphatic carbocycles. The number of hydrogen-bond acceptors (Lipinski definition) is 7. The fourth-order valence-electron chi connectivity index (χ4n) is 4.17. The Kier molecular flexibility index (Phi) is 5.53. The minimum atomic E-state index is -0.704. The third kappa shape index (κ3) is 3.68. The zero-order valence-electron chi connectivity index (χ0n) is 17.4. The van der Waals surface area contributed by atoms with Crippen molar-refractivity contribution < 1.29 is 19.0 Å². The molecule has 0 radical (unpaired) electrons. The second kappa shape index (κ2) is 8.28. The van der Waals surface area contributed by atoms with Gasteiger partial charge in [0, 0.05) is 18.4 Å². The van der Waals surface area contributed by atoms with E-state index >= 15 is 0 Å². The van der Waals surface area contributed by atoms with Crippen molar-refractivity contribution in [2.24, 2.45) is 5.73 Å². The standard InChI is InChI=1S/C23H23N3O5/c1-13-10-18-20(22(27)26(13)12-16-4-3-9-30-16)19(17(11-24)21(25)31-18)14-5-7-15(8-6-14)23(28)29-2/h5-8,10,16,19H,3-4,9,12,25H2,1-2H3/t16-,19-/m0/s1. The van der Waals surface area contributed by atoms with Crippen molar-refractivity contribution in [2.45, 2.75) is 38.3 Å². The van der Waals surface area contributed by atoms with Gasteiger partial charge in [-0.2, -0.15) is 5.26 Å². The van der Waals surface area contributed by atoms with Gasteiger partial charge < -0.3 is 24.5 Å². The van der Waals surface area contributed by atoms with Gasteiger partial charge in [-0.15, -0.1) is 0 Å². The van der Waals surface area contributed by atoms with Crippen molar-refractivity contribution in [2.75, 3.05) is 13.7 Å². The normalized spacial score (nSPS) is 20.0. The van der Waals surface area contributed by atoms with Gasteiger partial charge in [-0.3, -0.25) is 4.79 Å². The smallest absolute Gasteiger partial charge is 0.337 e. The molecular weight excluding hydrogens is 398 g/mol. The molecule has 2 aliphatic heterocycles. The van der Waals surface area contributed by atoms with E-state index in [2.05, 4.69) is 6.07 Å². The molecule has 3 heterocycles. The summed E-state index contributed by atoms with van der Waals surface area (Å²) in [5.41, 5.74) is 8.05. The monoisotopic (exact) mass is 421 g/mol. The van der Waals surface area contributed by atoms with E-state index in [1.807, 2.05) is 6.92 Å². The lowest BCUT2D eigenvalue weighted by Gasteiger charge is -2.28. The number of fused-ring (bicyclic) bond motifs is 1. The molecule has 0 bridgehead atoms. The average Bonchev–Trinajstić information content (AvgIpc) is 3.28. The van der Waals surface area contributed by atoms with Crippen LogP contribution in [0.25, 0.3) is 0 Å². The predicted octanol–water partition coefficient (Wildman–Crippen LogP) is 2.34. The number of ether oxygens (including phenoxy) is 3. The zero-order valence-corrected chi connectivity index (χ0v) is 17.4. The predicted molar refractivity (Wildman–Crippen MR) is 111 cm³/mol. The van der Waals surface area contributed by atoms with Crippen LogP contribution in [-0.2, 0) is 16.0 Å². The SMILES string of the molecule is COC(=O)c1ccc([C@H]2C(C#N)=C(N)Oc3cc(C)n(C[C@@H]4CCCO4)c(=O)c32)cc1. The summed E-state index contributed by atoms with van der Waals surface area (Å²) in [5.74, 6) is -0.870. The minimum Gasteiger partial charge on any atom is -0.465 e. The van der Waals surface area contributed by atoms with E-state index in [4.69, 9.17) is 19.9 Å². The number of nitrogens with zero attached hydrogens (tertiary/aromatic N) is 2. The molecule has 1 aromatic carbocycles. The lowest BCUT2D eigenvalue weighted by molar-refractivity contribution is 0.0600. The van der Waals surface area contributed by atoms with E-state index in [0.29, 0.717) is 35.6 Å². The maximum absolute atomic E-state index is 13.6. The van der Waals surface area contributed by atoms with E-state index in [9.17, 15) is 14.9 Å². The Bertz CT molecular complexity index is 1150. The highest BCUT2D eigenvalue weighted by atomic mass is 16.5. The molecule has 0 spiro atoms. The van der Waals surface area contributed by atoms with Gasteiger partial charge >= 0.3 is 5.97 Å². The molecule has 8 nitrogen and oxygen atoms in total. The van der Waals surface area contributed by atoms with Crippen LogP contribution >= 0.6 is 0 Å². The Morgan fingerprint density at radius 1 is 1.35 bits per heavy atom. The highest BCUT2D eigenvalue weighted by Gasteiger charge is 2.34. The molecular formula is C23H23N3O5. The first kappa shape index (κ1) is 20.7. The molecule has 0 saturated carbocycles. The van der Waals surface area contributed by atoms with Crippen LogP contribution in [0.2, 0.25) is 0 Å². The average molecular weight is 421 g/mol. The molecule has 4 rings (SSSR count). The first-order chi connectivity index (χ1) is 14.9. The molecule has 1 saturated heterocycles. The highest BCUT2D eigenvalue weighted by molar-refractivity contribution is 5.89. The Balaban J connectivity index is 1.84. The van der Waals surface area contributed by atoms with Crippen molar-refractivity contribution in [3.8, 4) is 11.8 Å².